The van der Waals surface area contributed by atoms with E-state index in [-0.39, 0.29) is 11.1 Å². The van der Waals surface area contributed by atoms with E-state index in [1.54, 1.807) is 30.3 Å². The molecular weight excluding hydrogens is 370 g/mol. The summed E-state index contributed by atoms with van der Waals surface area (Å²) in [6, 6.07) is 14.8. The van der Waals surface area contributed by atoms with Crippen LogP contribution >= 0.6 is 11.6 Å². The van der Waals surface area contributed by atoms with Gasteiger partial charge < -0.3 is 10.2 Å². The number of fused-ring (bicyclic) bond motifs is 1. The molecule has 5 heteroatoms. The number of nitrogens with one attached hydrogen (secondary N) is 1. The van der Waals surface area contributed by atoms with Crippen molar-refractivity contribution in [1.82, 2.24) is 0 Å². The summed E-state index contributed by atoms with van der Waals surface area (Å²) < 4.78 is 0. The highest BCUT2D eigenvalue weighted by molar-refractivity contribution is 6.31. The number of rotatable bonds is 3. The smallest absolute Gasteiger partial charge is 0.266 e. The lowest BCUT2D eigenvalue weighted by Crippen LogP contribution is -2.42. The highest BCUT2D eigenvalue weighted by Crippen LogP contribution is 2.38. The molecule has 0 saturated heterocycles. The number of carbonyl (C=O) groups excluding carboxylic acids is 1. The van der Waals surface area contributed by atoms with Crippen LogP contribution in [-0.4, -0.2) is 18.5 Å². The fraction of sp³-hybridized carbons (Fsp3) is 0.217. The average Bonchev–Trinajstić information content (AvgIpc) is 2.64. The Kier molecular flexibility index (Phi) is 5.31. The quantitative estimate of drug-likeness (QED) is 0.553. The molecule has 2 aromatic carbocycles. The van der Waals surface area contributed by atoms with Crippen LogP contribution in [0, 0.1) is 11.3 Å². The van der Waals surface area contributed by atoms with Gasteiger partial charge >= 0.3 is 0 Å². The standard InChI is InChI=1S/C23H22ClN3O/c1-15-13-23(2,3)27(4)21-9-8-16(11-20(15)21)10-17(14-25)22(28)26-19-7-5-6-18(24)12-19/h5-13H,1-4H3,(H,26,28)/b17-10-. The maximum absolute atomic E-state index is 12.5. The molecule has 1 N–H and O–H groups in total. The first kappa shape index (κ1) is 19.7. The Bertz CT molecular complexity index is 1040. The Morgan fingerprint density at radius 1 is 1.25 bits per heavy atom. The Morgan fingerprint density at radius 3 is 2.68 bits per heavy atom. The first-order chi connectivity index (χ1) is 13.2. The van der Waals surface area contributed by atoms with Gasteiger partial charge in [0, 0.05) is 29.0 Å². The van der Waals surface area contributed by atoms with Crippen LogP contribution in [0.15, 0.2) is 54.1 Å². The molecule has 0 spiro atoms. The van der Waals surface area contributed by atoms with Crippen LogP contribution in [0.3, 0.4) is 0 Å². The largest absolute Gasteiger partial charge is 0.366 e. The van der Waals surface area contributed by atoms with Gasteiger partial charge in [0.05, 0.1) is 5.54 Å². The van der Waals surface area contributed by atoms with E-state index in [2.05, 4.69) is 44.1 Å². The molecule has 0 aromatic heterocycles. The molecular formula is C23H22ClN3O. The highest BCUT2D eigenvalue weighted by Gasteiger charge is 2.28. The van der Waals surface area contributed by atoms with Gasteiger partial charge in [-0.15, -0.1) is 0 Å². The minimum absolute atomic E-state index is 0.0334. The van der Waals surface area contributed by atoms with E-state index in [1.165, 1.54) is 5.57 Å². The second kappa shape index (κ2) is 7.53. The zero-order valence-electron chi connectivity index (χ0n) is 16.4. The molecule has 1 amide bonds. The highest BCUT2D eigenvalue weighted by atomic mass is 35.5. The third kappa shape index (κ3) is 3.95. The molecule has 0 fully saturated rings. The number of likely N-dealkylation sites (N-methyl/N-ethyl adjacent to an activating group) is 1. The van der Waals surface area contributed by atoms with Gasteiger partial charge in [0.1, 0.15) is 11.6 Å². The molecule has 1 heterocycles. The van der Waals surface area contributed by atoms with E-state index in [0.29, 0.717) is 10.7 Å². The van der Waals surface area contributed by atoms with Crippen molar-refractivity contribution in [2.45, 2.75) is 26.3 Å². The minimum Gasteiger partial charge on any atom is -0.366 e. The van der Waals surface area contributed by atoms with Crippen molar-refractivity contribution in [2.24, 2.45) is 0 Å². The normalized spacial score (nSPS) is 15.4. The molecule has 28 heavy (non-hydrogen) atoms. The maximum atomic E-state index is 12.5. The maximum Gasteiger partial charge on any atom is 0.266 e. The van der Waals surface area contributed by atoms with Crippen LogP contribution in [0.25, 0.3) is 11.6 Å². The monoisotopic (exact) mass is 391 g/mol. The van der Waals surface area contributed by atoms with Gasteiger partial charge in [0.2, 0.25) is 0 Å². The van der Waals surface area contributed by atoms with Gasteiger partial charge in [-0.2, -0.15) is 5.26 Å². The summed E-state index contributed by atoms with van der Waals surface area (Å²) in [5.74, 6) is -0.465. The molecule has 2 aromatic rings. The number of nitriles is 1. The molecule has 0 aliphatic carbocycles. The van der Waals surface area contributed by atoms with E-state index in [4.69, 9.17) is 11.6 Å². The van der Waals surface area contributed by atoms with Crippen molar-refractivity contribution < 1.29 is 4.79 Å². The van der Waals surface area contributed by atoms with Crippen LogP contribution in [0.1, 0.15) is 31.9 Å². The fourth-order valence-corrected chi connectivity index (χ4v) is 3.54. The summed E-state index contributed by atoms with van der Waals surface area (Å²) >= 11 is 5.94. The van der Waals surface area contributed by atoms with Gasteiger partial charge in [0.25, 0.3) is 5.91 Å². The zero-order valence-corrected chi connectivity index (χ0v) is 17.1. The lowest BCUT2D eigenvalue weighted by molar-refractivity contribution is -0.112. The first-order valence-corrected chi connectivity index (χ1v) is 9.35. The molecule has 0 atom stereocenters. The van der Waals surface area contributed by atoms with Crippen molar-refractivity contribution in [1.29, 1.82) is 5.26 Å². The van der Waals surface area contributed by atoms with Crippen LogP contribution in [-0.2, 0) is 4.79 Å². The van der Waals surface area contributed by atoms with Gasteiger partial charge in [-0.1, -0.05) is 29.8 Å². The van der Waals surface area contributed by atoms with Gasteiger partial charge in [-0.3, -0.25) is 4.79 Å². The van der Waals surface area contributed by atoms with Gasteiger partial charge in [-0.25, -0.2) is 0 Å². The number of halogens is 1. The molecule has 0 unspecified atom stereocenters. The Balaban J connectivity index is 1.91. The fourth-order valence-electron chi connectivity index (χ4n) is 3.35. The predicted molar refractivity (Wildman–Crippen MR) is 116 cm³/mol. The lowest BCUT2D eigenvalue weighted by atomic mass is 9.88. The topological polar surface area (TPSA) is 56.1 Å². The number of carbonyl (C=O) groups is 1. The number of benzene rings is 2. The number of anilines is 2. The van der Waals surface area contributed by atoms with Crippen molar-refractivity contribution >= 4 is 40.5 Å². The molecule has 0 radical (unpaired) electrons. The zero-order chi connectivity index (χ0) is 20.5. The molecule has 142 valence electrons. The number of allylic oxidation sites excluding steroid dienone is 1. The van der Waals surface area contributed by atoms with Crippen LogP contribution in [0.5, 0.6) is 0 Å². The van der Waals surface area contributed by atoms with E-state index in [0.717, 1.165) is 16.8 Å². The van der Waals surface area contributed by atoms with Crippen LogP contribution in [0.2, 0.25) is 5.02 Å². The Morgan fingerprint density at radius 2 is 2.00 bits per heavy atom. The van der Waals surface area contributed by atoms with E-state index >= 15 is 0 Å². The predicted octanol–water partition coefficient (Wildman–Crippen LogP) is 5.52. The number of amides is 1. The minimum atomic E-state index is -0.465. The third-order valence-electron chi connectivity index (χ3n) is 5.00. The van der Waals surface area contributed by atoms with E-state index < -0.39 is 5.91 Å². The summed E-state index contributed by atoms with van der Waals surface area (Å²) in [5, 5.41) is 12.7. The number of nitrogens with zero attached hydrogens (tertiary/aromatic N) is 2. The second-order valence-electron chi connectivity index (χ2n) is 7.45. The SMILES string of the molecule is CC1=CC(C)(C)N(C)c2ccc(/C=C(/C#N)C(=O)Nc3cccc(Cl)c3)cc21. The van der Waals surface area contributed by atoms with Gasteiger partial charge in [-0.05, 0) is 68.3 Å². The molecule has 0 bridgehead atoms. The molecule has 1 aliphatic heterocycles. The summed E-state index contributed by atoms with van der Waals surface area (Å²) in [4.78, 5) is 14.7. The molecule has 1 aliphatic rings. The molecule has 3 rings (SSSR count). The second-order valence-corrected chi connectivity index (χ2v) is 7.89. The van der Waals surface area contributed by atoms with Crippen molar-refractivity contribution in [3.8, 4) is 6.07 Å². The first-order valence-electron chi connectivity index (χ1n) is 8.98. The summed E-state index contributed by atoms with van der Waals surface area (Å²) in [6.07, 6.45) is 3.83. The molecule has 4 nitrogen and oxygen atoms in total. The summed E-state index contributed by atoms with van der Waals surface area (Å²) in [5.41, 5.74) is 4.72. The number of hydrogen-bond acceptors (Lipinski definition) is 3. The van der Waals surface area contributed by atoms with E-state index in [1.807, 2.05) is 24.3 Å². The Labute approximate surface area is 170 Å². The summed E-state index contributed by atoms with van der Waals surface area (Å²) in [7, 11) is 2.07. The van der Waals surface area contributed by atoms with Crippen molar-refractivity contribution in [3.05, 3.63) is 70.3 Å². The average molecular weight is 392 g/mol. The lowest BCUT2D eigenvalue weighted by Gasteiger charge is -2.40. The molecule has 0 saturated carbocycles. The summed E-state index contributed by atoms with van der Waals surface area (Å²) in [6.45, 7) is 6.42. The number of hydrogen-bond donors (Lipinski definition) is 1. The van der Waals surface area contributed by atoms with Crippen LogP contribution in [0.4, 0.5) is 11.4 Å². The van der Waals surface area contributed by atoms with Crippen molar-refractivity contribution in [3.63, 3.8) is 0 Å². The van der Waals surface area contributed by atoms with Crippen LogP contribution < -0.4 is 10.2 Å². The van der Waals surface area contributed by atoms with Gasteiger partial charge in [0.15, 0.2) is 0 Å². The van der Waals surface area contributed by atoms with E-state index in [9.17, 15) is 10.1 Å². The van der Waals surface area contributed by atoms with Crippen molar-refractivity contribution in [2.75, 3.05) is 17.3 Å². The Hall–Kier alpha value is -3.03. The third-order valence-corrected chi connectivity index (χ3v) is 5.23.